The number of benzene rings is 1. The monoisotopic (exact) mass is 404 g/mol. The molecular formula is C20H24N2O5S. The van der Waals surface area contributed by atoms with Crippen molar-refractivity contribution in [2.45, 2.75) is 43.7 Å². The number of sulfonamides is 1. The zero-order chi connectivity index (χ0) is 19.9. The molecule has 1 aromatic heterocycles. The van der Waals surface area contributed by atoms with Crippen LogP contribution in [0.25, 0.3) is 0 Å². The van der Waals surface area contributed by atoms with E-state index in [0.29, 0.717) is 24.1 Å². The van der Waals surface area contributed by atoms with E-state index in [4.69, 9.17) is 9.47 Å². The standard InChI is InChI=1S/C20H24N2O5S/c1-3-26-18-6-4-5-7-19(18)28(24,25)21-12-17(13-21)27-16-10-14(2)22(15-8-9-15)20(23)11-16/h4-7,10-11,15,17H,3,8-9,12-13H2,1-2H3. The van der Waals surface area contributed by atoms with Gasteiger partial charge in [0.2, 0.25) is 10.0 Å². The van der Waals surface area contributed by atoms with Gasteiger partial charge in [0.1, 0.15) is 22.5 Å². The Bertz CT molecular complexity index is 1040. The summed E-state index contributed by atoms with van der Waals surface area (Å²) in [5.74, 6) is 0.852. The van der Waals surface area contributed by atoms with Crippen molar-refractivity contribution in [2.75, 3.05) is 19.7 Å². The zero-order valence-electron chi connectivity index (χ0n) is 16.0. The molecule has 2 fully saturated rings. The number of aromatic nitrogens is 1. The summed E-state index contributed by atoms with van der Waals surface area (Å²) in [6, 6.07) is 10.3. The first-order valence-electron chi connectivity index (χ1n) is 9.52. The molecule has 2 aliphatic rings. The third-order valence-electron chi connectivity index (χ3n) is 5.03. The van der Waals surface area contributed by atoms with Gasteiger partial charge < -0.3 is 14.0 Å². The average Bonchev–Trinajstić information content (AvgIpc) is 3.42. The second kappa shape index (κ2) is 7.25. The van der Waals surface area contributed by atoms with Gasteiger partial charge in [0, 0.05) is 17.8 Å². The van der Waals surface area contributed by atoms with Crippen molar-refractivity contribution in [1.29, 1.82) is 0 Å². The molecule has 0 bridgehead atoms. The predicted octanol–water partition coefficient (Wildman–Crippen LogP) is 2.34. The third-order valence-corrected chi connectivity index (χ3v) is 6.90. The van der Waals surface area contributed by atoms with E-state index < -0.39 is 10.0 Å². The van der Waals surface area contributed by atoms with Gasteiger partial charge >= 0.3 is 0 Å². The SMILES string of the molecule is CCOc1ccccc1S(=O)(=O)N1CC(Oc2cc(C)n(C3CC3)c(=O)c2)C1. The van der Waals surface area contributed by atoms with Gasteiger partial charge in [-0.2, -0.15) is 4.31 Å². The summed E-state index contributed by atoms with van der Waals surface area (Å²) in [7, 11) is -3.64. The Morgan fingerprint density at radius 3 is 2.50 bits per heavy atom. The number of nitrogens with zero attached hydrogens (tertiary/aromatic N) is 2. The van der Waals surface area contributed by atoms with Crippen LogP contribution >= 0.6 is 0 Å². The van der Waals surface area contributed by atoms with E-state index in [2.05, 4.69) is 0 Å². The molecule has 0 N–H and O–H groups in total. The molecule has 8 heteroatoms. The molecule has 0 amide bonds. The van der Waals surface area contributed by atoms with Crippen LogP contribution in [-0.4, -0.2) is 43.1 Å². The molecule has 2 heterocycles. The Balaban J connectivity index is 1.44. The lowest BCUT2D eigenvalue weighted by Crippen LogP contribution is -2.56. The maximum absolute atomic E-state index is 12.9. The van der Waals surface area contributed by atoms with Crippen molar-refractivity contribution in [3.63, 3.8) is 0 Å². The van der Waals surface area contributed by atoms with Crippen LogP contribution in [0, 0.1) is 6.92 Å². The van der Waals surface area contributed by atoms with Gasteiger partial charge in [-0.1, -0.05) is 12.1 Å². The van der Waals surface area contributed by atoms with Gasteiger partial charge in [0.15, 0.2) is 0 Å². The van der Waals surface area contributed by atoms with Crippen molar-refractivity contribution < 1.29 is 17.9 Å². The van der Waals surface area contributed by atoms with E-state index in [1.165, 1.54) is 10.4 Å². The van der Waals surface area contributed by atoms with E-state index in [1.54, 1.807) is 28.8 Å². The van der Waals surface area contributed by atoms with Gasteiger partial charge in [-0.25, -0.2) is 8.42 Å². The van der Waals surface area contributed by atoms with Gasteiger partial charge in [-0.05, 0) is 44.9 Å². The summed E-state index contributed by atoms with van der Waals surface area (Å²) >= 11 is 0. The van der Waals surface area contributed by atoms with E-state index in [-0.39, 0.29) is 29.6 Å². The molecule has 7 nitrogen and oxygen atoms in total. The third kappa shape index (κ3) is 3.54. The van der Waals surface area contributed by atoms with Crippen LogP contribution in [0.15, 0.2) is 46.1 Å². The molecule has 1 aliphatic heterocycles. The summed E-state index contributed by atoms with van der Waals surface area (Å²) in [6.07, 6.45) is 1.81. The minimum atomic E-state index is -3.64. The van der Waals surface area contributed by atoms with Crippen molar-refractivity contribution in [2.24, 2.45) is 0 Å². The van der Waals surface area contributed by atoms with Crippen molar-refractivity contribution in [1.82, 2.24) is 8.87 Å². The van der Waals surface area contributed by atoms with Crippen LogP contribution in [0.4, 0.5) is 0 Å². The molecule has 0 radical (unpaired) electrons. The first kappa shape index (κ1) is 19.0. The van der Waals surface area contributed by atoms with Crippen LogP contribution in [-0.2, 0) is 10.0 Å². The lowest BCUT2D eigenvalue weighted by Gasteiger charge is -2.38. The molecular weight excluding hydrogens is 380 g/mol. The topological polar surface area (TPSA) is 77.8 Å². The maximum atomic E-state index is 12.9. The first-order chi connectivity index (χ1) is 13.4. The number of rotatable bonds is 7. The summed E-state index contributed by atoms with van der Waals surface area (Å²) in [6.45, 7) is 4.59. The second-order valence-electron chi connectivity index (χ2n) is 7.21. The smallest absolute Gasteiger partial charge is 0.254 e. The van der Waals surface area contributed by atoms with Gasteiger partial charge in [-0.15, -0.1) is 0 Å². The van der Waals surface area contributed by atoms with Crippen molar-refractivity contribution >= 4 is 10.0 Å². The number of hydrogen-bond acceptors (Lipinski definition) is 5. The fourth-order valence-electron chi connectivity index (χ4n) is 3.49. The summed E-state index contributed by atoms with van der Waals surface area (Å²) in [4.78, 5) is 12.5. The largest absolute Gasteiger partial charge is 0.492 e. The van der Waals surface area contributed by atoms with Crippen LogP contribution in [0.5, 0.6) is 11.5 Å². The quantitative estimate of drug-likeness (QED) is 0.708. The number of pyridine rings is 1. The lowest BCUT2D eigenvalue weighted by atomic mass is 10.2. The van der Waals surface area contributed by atoms with Gasteiger partial charge in [0.25, 0.3) is 5.56 Å². The summed E-state index contributed by atoms with van der Waals surface area (Å²) in [5.41, 5.74) is 0.811. The molecule has 1 saturated carbocycles. The van der Waals surface area contributed by atoms with Crippen molar-refractivity contribution in [3.05, 3.63) is 52.4 Å². The van der Waals surface area contributed by atoms with Gasteiger partial charge in [0.05, 0.1) is 19.7 Å². The summed E-state index contributed by atoms with van der Waals surface area (Å²) < 4.78 is 40.2. The van der Waals surface area contributed by atoms with Crippen LogP contribution in [0.2, 0.25) is 0 Å². The molecule has 1 saturated heterocycles. The van der Waals surface area contributed by atoms with E-state index in [1.807, 2.05) is 19.9 Å². The molecule has 28 heavy (non-hydrogen) atoms. The highest BCUT2D eigenvalue weighted by atomic mass is 32.2. The molecule has 150 valence electrons. The molecule has 1 aliphatic carbocycles. The number of hydrogen-bond donors (Lipinski definition) is 0. The number of para-hydroxylation sites is 1. The second-order valence-corrected chi connectivity index (χ2v) is 9.12. The summed E-state index contributed by atoms with van der Waals surface area (Å²) in [5, 5.41) is 0. The maximum Gasteiger partial charge on any atom is 0.254 e. The van der Waals surface area contributed by atoms with Gasteiger partial charge in [-0.3, -0.25) is 4.79 Å². The fourth-order valence-corrected chi connectivity index (χ4v) is 5.13. The molecule has 0 spiro atoms. The average molecular weight is 404 g/mol. The Labute approximate surface area is 164 Å². The first-order valence-corrected chi connectivity index (χ1v) is 11.0. The fraction of sp³-hybridized carbons (Fsp3) is 0.450. The Hall–Kier alpha value is -2.32. The van der Waals surface area contributed by atoms with E-state index >= 15 is 0 Å². The minimum Gasteiger partial charge on any atom is -0.492 e. The lowest BCUT2D eigenvalue weighted by molar-refractivity contribution is 0.0757. The van der Waals surface area contributed by atoms with Crippen LogP contribution in [0.1, 0.15) is 31.5 Å². The normalized spacial score (nSPS) is 17.9. The molecule has 0 atom stereocenters. The van der Waals surface area contributed by atoms with Crippen LogP contribution < -0.4 is 15.0 Å². The highest BCUT2D eigenvalue weighted by Crippen LogP contribution is 2.35. The molecule has 4 rings (SSSR count). The van der Waals surface area contributed by atoms with E-state index in [0.717, 1.165) is 18.5 Å². The Kier molecular flexibility index (Phi) is 4.93. The highest BCUT2D eigenvalue weighted by Gasteiger charge is 2.39. The molecule has 1 aromatic carbocycles. The predicted molar refractivity (Wildman–Crippen MR) is 104 cm³/mol. The minimum absolute atomic E-state index is 0.0630. The van der Waals surface area contributed by atoms with Crippen LogP contribution in [0.3, 0.4) is 0 Å². The Morgan fingerprint density at radius 2 is 1.86 bits per heavy atom. The number of aryl methyl sites for hydroxylation is 1. The van der Waals surface area contributed by atoms with Crippen molar-refractivity contribution in [3.8, 4) is 11.5 Å². The Morgan fingerprint density at radius 1 is 1.14 bits per heavy atom. The highest BCUT2D eigenvalue weighted by molar-refractivity contribution is 7.89. The van der Waals surface area contributed by atoms with E-state index in [9.17, 15) is 13.2 Å². The molecule has 0 unspecified atom stereocenters. The zero-order valence-corrected chi connectivity index (χ0v) is 16.8. The molecule has 2 aromatic rings. The number of ether oxygens (including phenoxy) is 2.